The number of hydrogen-bond acceptors (Lipinski definition) is 2. The van der Waals surface area contributed by atoms with Crippen molar-refractivity contribution in [2.24, 2.45) is 0 Å². The Kier molecular flexibility index (Phi) is 4.99. The summed E-state index contributed by atoms with van der Waals surface area (Å²) in [6, 6.07) is 7.98. The average molecular weight is 221 g/mol. The Labute approximate surface area is 96.8 Å². The molecular weight excluding hydrogens is 202 g/mol. The van der Waals surface area contributed by atoms with Gasteiger partial charge in [0.15, 0.2) is 0 Å². The summed E-state index contributed by atoms with van der Waals surface area (Å²) in [5.74, 6) is 0.0406. The van der Waals surface area contributed by atoms with E-state index in [-0.39, 0.29) is 11.9 Å². The number of rotatable bonds is 5. The van der Waals surface area contributed by atoms with E-state index in [0.717, 1.165) is 11.1 Å². The first-order valence-electron chi connectivity index (χ1n) is 5.46. The summed E-state index contributed by atoms with van der Waals surface area (Å²) >= 11 is 0. The van der Waals surface area contributed by atoms with Gasteiger partial charge in [0.2, 0.25) is 5.91 Å². The third-order valence-electron chi connectivity index (χ3n) is 2.44. The Morgan fingerprint density at radius 2 is 2.12 bits per heavy atom. The third kappa shape index (κ3) is 4.03. The van der Waals surface area contributed by atoms with Crippen molar-refractivity contribution < 1.29 is 9.53 Å². The standard InChI is InChI=1S/C13H19NO2/c1-10-6-4-5-7-12(10)8-13(15)14-11(2)9-16-3/h4-7,11H,8-9H2,1-3H3,(H,14,15). The maximum absolute atomic E-state index is 11.7. The summed E-state index contributed by atoms with van der Waals surface area (Å²) in [7, 11) is 1.63. The number of benzene rings is 1. The van der Waals surface area contributed by atoms with Crippen molar-refractivity contribution >= 4 is 5.91 Å². The van der Waals surface area contributed by atoms with E-state index in [4.69, 9.17) is 4.74 Å². The largest absolute Gasteiger partial charge is 0.383 e. The number of methoxy groups -OCH3 is 1. The van der Waals surface area contributed by atoms with Gasteiger partial charge in [-0.05, 0) is 25.0 Å². The lowest BCUT2D eigenvalue weighted by atomic mass is 10.1. The summed E-state index contributed by atoms with van der Waals surface area (Å²) in [5, 5.41) is 2.89. The summed E-state index contributed by atoms with van der Waals surface area (Å²) in [6.07, 6.45) is 0.431. The predicted molar refractivity (Wildman–Crippen MR) is 64.4 cm³/mol. The molecule has 1 rings (SSSR count). The molecule has 0 aromatic heterocycles. The number of ether oxygens (including phenoxy) is 1. The minimum absolute atomic E-state index is 0.0406. The molecule has 1 atom stereocenters. The van der Waals surface area contributed by atoms with E-state index in [0.29, 0.717) is 13.0 Å². The van der Waals surface area contributed by atoms with E-state index in [2.05, 4.69) is 5.32 Å². The van der Waals surface area contributed by atoms with Gasteiger partial charge in [-0.2, -0.15) is 0 Å². The molecule has 1 amide bonds. The Morgan fingerprint density at radius 3 is 2.75 bits per heavy atom. The molecule has 0 spiro atoms. The van der Waals surface area contributed by atoms with Crippen molar-refractivity contribution in [3.05, 3.63) is 35.4 Å². The molecule has 0 radical (unpaired) electrons. The van der Waals surface area contributed by atoms with Crippen LogP contribution in [-0.2, 0) is 16.0 Å². The first kappa shape index (κ1) is 12.7. The van der Waals surface area contributed by atoms with Crippen molar-refractivity contribution in [1.29, 1.82) is 0 Å². The molecule has 1 aromatic rings. The van der Waals surface area contributed by atoms with Crippen molar-refractivity contribution in [1.82, 2.24) is 5.32 Å². The maximum Gasteiger partial charge on any atom is 0.224 e. The van der Waals surface area contributed by atoms with Crippen LogP contribution in [0, 0.1) is 6.92 Å². The Bertz CT molecular complexity index is 350. The SMILES string of the molecule is COCC(C)NC(=O)Cc1ccccc1C. The summed E-state index contributed by atoms with van der Waals surface area (Å²) in [4.78, 5) is 11.7. The number of hydrogen-bond donors (Lipinski definition) is 1. The lowest BCUT2D eigenvalue weighted by molar-refractivity contribution is -0.121. The lowest BCUT2D eigenvalue weighted by Gasteiger charge is -2.13. The molecule has 0 aliphatic heterocycles. The van der Waals surface area contributed by atoms with Crippen molar-refractivity contribution in [2.45, 2.75) is 26.3 Å². The van der Waals surface area contributed by atoms with Gasteiger partial charge in [-0.15, -0.1) is 0 Å². The van der Waals surface area contributed by atoms with Gasteiger partial charge in [0.25, 0.3) is 0 Å². The van der Waals surface area contributed by atoms with E-state index in [1.165, 1.54) is 0 Å². The van der Waals surface area contributed by atoms with Gasteiger partial charge in [0, 0.05) is 13.2 Å². The van der Waals surface area contributed by atoms with E-state index in [1.54, 1.807) is 7.11 Å². The zero-order chi connectivity index (χ0) is 12.0. The summed E-state index contributed by atoms with van der Waals surface area (Å²) in [5.41, 5.74) is 2.22. The topological polar surface area (TPSA) is 38.3 Å². The quantitative estimate of drug-likeness (QED) is 0.821. The number of aryl methyl sites for hydroxylation is 1. The van der Waals surface area contributed by atoms with Crippen LogP contribution in [0.25, 0.3) is 0 Å². The highest BCUT2D eigenvalue weighted by molar-refractivity contribution is 5.79. The van der Waals surface area contributed by atoms with Gasteiger partial charge >= 0.3 is 0 Å². The summed E-state index contributed by atoms with van der Waals surface area (Å²) in [6.45, 7) is 4.49. The molecule has 1 unspecified atom stereocenters. The molecule has 88 valence electrons. The highest BCUT2D eigenvalue weighted by Gasteiger charge is 2.08. The smallest absolute Gasteiger partial charge is 0.224 e. The molecule has 3 heteroatoms. The third-order valence-corrected chi connectivity index (χ3v) is 2.44. The minimum atomic E-state index is 0.0406. The number of carbonyl (C=O) groups is 1. The van der Waals surface area contributed by atoms with Gasteiger partial charge < -0.3 is 10.1 Å². The van der Waals surface area contributed by atoms with Crippen LogP contribution >= 0.6 is 0 Å². The molecule has 1 aromatic carbocycles. The van der Waals surface area contributed by atoms with Crippen molar-refractivity contribution in [3.8, 4) is 0 Å². The second-order valence-electron chi connectivity index (χ2n) is 4.03. The Hall–Kier alpha value is -1.35. The normalized spacial score (nSPS) is 12.2. The Balaban J connectivity index is 2.49. The van der Waals surface area contributed by atoms with Crippen molar-refractivity contribution in [3.63, 3.8) is 0 Å². The van der Waals surface area contributed by atoms with Crippen LogP contribution < -0.4 is 5.32 Å². The number of nitrogens with one attached hydrogen (secondary N) is 1. The molecule has 3 nitrogen and oxygen atoms in total. The van der Waals surface area contributed by atoms with Crippen LogP contribution in [0.5, 0.6) is 0 Å². The fraction of sp³-hybridized carbons (Fsp3) is 0.462. The molecule has 16 heavy (non-hydrogen) atoms. The highest BCUT2D eigenvalue weighted by Crippen LogP contribution is 2.07. The molecule has 0 bridgehead atoms. The molecule has 0 fully saturated rings. The van der Waals surface area contributed by atoms with Gasteiger partial charge in [0.1, 0.15) is 0 Å². The Morgan fingerprint density at radius 1 is 1.44 bits per heavy atom. The fourth-order valence-electron chi connectivity index (χ4n) is 1.60. The predicted octanol–water partition coefficient (Wildman–Crippen LogP) is 1.69. The van der Waals surface area contributed by atoms with Crippen LogP contribution in [0.2, 0.25) is 0 Å². The van der Waals surface area contributed by atoms with E-state index < -0.39 is 0 Å². The lowest BCUT2D eigenvalue weighted by Crippen LogP contribution is -2.36. The van der Waals surface area contributed by atoms with Crippen molar-refractivity contribution in [2.75, 3.05) is 13.7 Å². The first-order chi connectivity index (χ1) is 7.63. The second-order valence-corrected chi connectivity index (χ2v) is 4.03. The molecule has 0 aliphatic rings. The van der Waals surface area contributed by atoms with Crippen LogP contribution in [0.15, 0.2) is 24.3 Å². The fourth-order valence-corrected chi connectivity index (χ4v) is 1.60. The van der Waals surface area contributed by atoms with Crippen LogP contribution in [0.4, 0.5) is 0 Å². The van der Waals surface area contributed by atoms with E-state index >= 15 is 0 Å². The number of amides is 1. The number of carbonyl (C=O) groups excluding carboxylic acids is 1. The maximum atomic E-state index is 11.7. The zero-order valence-electron chi connectivity index (χ0n) is 10.1. The van der Waals surface area contributed by atoms with E-state index in [1.807, 2.05) is 38.1 Å². The molecule has 0 heterocycles. The van der Waals surface area contributed by atoms with Gasteiger partial charge in [-0.25, -0.2) is 0 Å². The zero-order valence-corrected chi connectivity index (χ0v) is 10.1. The molecule has 0 saturated carbocycles. The first-order valence-corrected chi connectivity index (χ1v) is 5.46. The molecule has 0 saturated heterocycles. The molecular formula is C13H19NO2. The van der Waals surface area contributed by atoms with E-state index in [9.17, 15) is 4.79 Å². The highest BCUT2D eigenvalue weighted by atomic mass is 16.5. The van der Waals surface area contributed by atoms with Crippen LogP contribution in [0.1, 0.15) is 18.1 Å². The van der Waals surface area contributed by atoms with Gasteiger partial charge in [0.05, 0.1) is 13.0 Å². The molecule has 1 N–H and O–H groups in total. The molecule has 0 aliphatic carbocycles. The monoisotopic (exact) mass is 221 g/mol. The van der Waals surface area contributed by atoms with Gasteiger partial charge in [-0.3, -0.25) is 4.79 Å². The van der Waals surface area contributed by atoms with Crippen LogP contribution in [0.3, 0.4) is 0 Å². The summed E-state index contributed by atoms with van der Waals surface area (Å²) < 4.78 is 4.96. The van der Waals surface area contributed by atoms with Gasteiger partial charge in [-0.1, -0.05) is 24.3 Å². The average Bonchev–Trinajstić information content (AvgIpc) is 2.21. The van der Waals surface area contributed by atoms with Crippen LogP contribution in [-0.4, -0.2) is 25.7 Å². The minimum Gasteiger partial charge on any atom is -0.383 e. The second kappa shape index (κ2) is 6.28.